The number of amides is 1. The van der Waals surface area contributed by atoms with Crippen LogP contribution in [0.1, 0.15) is 49.9 Å². The average molecular weight is 341 g/mol. The first-order chi connectivity index (χ1) is 11.6. The van der Waals surface area contributed by atoms with Gasteiger partial charge in [0.05, 0.1) is 17.1 Å². The van der Waals surface area contributed by atoms with Crippen molar-refractivity contribution in [1.82, 2.24) is 14.9 Å². The van der Waals surface area contributed by atoms with Gasteiger partial charge in [0.25, 0.3) is 0 Å². The van der Waals surface area contributed by atoms with Gasteiger partial charge in [0.1, 0.15) is 5.82 Å². The van der Waals surface area contributed by atoms with Crippen LogP contribution in [-0.4, -0.2) is 15.5 Å². The smallest absolute Gasteiger partial charge is 0.222 e. The van der Waals surface area contributed by atoms with Gasteiger partial charge in [-0.2, -0.15) is 0 Å². The zero-order chi connectivity index (χ0) is 17.1. The molecule has 1 unspecified atom stereocenters. The minimum atomic E-state index is 0.0570. The Bertz CT molecular complexity index is 820. The molecule has 0 spiro atoms. The van der Waals surface area contributed by atoms with Crippen molar-refractivity contribution in [2.75, 3.05) is 0 Å². The van der Waals surface area contributed by atoms with Crippen LogP contribution >= 0.6 is 11.3 Å². The summed E-state index contributed by atoms with van der Waals surface area (Å²) < 4.78 is 2.18. The fourth-order valence-electron chi connectivity index (χ4n) is 2.91. The number of imidazole rings is 1. The number of hydrogen-bond acceptors (Lipinski definition) is 3. The van der Waals surface area contributed by atoms with Gasteiger partial charge in [-0.3, -0.25) is 4.79 Å². The van der Waals surface area contributed by atoms with E-state index in [1.807, 2.05) is 36.6 Å². The third-order valence-electron chi connectivity index (χ3n) is 4.11. The highest BCUT2D eigenvalue weighted by molar-refractivity contribution is 7.10. The van der Waals surface area contributed by atoms with Gasteiger partial charge in [-0.05, 0) is 30.5 Å². The van der Waals surface area contributed by atoms with E-state index in [2.05, 4.69) is 35.9 Å². The molecule has 3 aromatic rings. The molecule has 0 bridgehead atoms. The standard InChI is InChI=1S/C19H23N3OS/c1-13(2)19-21-15-7-4-5-8-16(15)22(19)11-10-18(23)20-14(3)17-9-6-12-24-17/h4-9,12-14H,10-11H2,1-3H3,(H,20,23). The molecule has 1 atom stereocenters. The Morgan fingerprint density at radius 2 is 2.00 bits per heavy atom. The van der Waals surface area contributed by atoms with E-state index in [1.165, 1.54) is 4.88 Å². The van der Waals surface area contributed by atoms with E-state index in [1.54, 1.807) is 11.3 Å². The first-order valence-electron chi connectivity index (χ1n) is 8.34. The Kier molecular flexibility index (Phi) is 5.00. The number of thiophene rings is 1. The largest absolute Gasteiger partial charge is 0.349 e. The van der Waals surface area contributed by atoms with Gasteiger partial charge in [-0.15, -0.1) is 11.3 Å². The summed E-state index contributed by atoms with van der Waals surface area (Å²) in [4.78, 5) is 18.2. The number of nitrogens with one attached hydrogen (secondary N) is 1. The van der Waals surface area contributed by atoms with Gasteiger partial charge in [0, 0.05) is 23.8 Å². The summed E-state index contributed by atoms with van der Waals surface area (Å²) in [5.74, 6) is 1.43. The molecule has 5 heteroatoms. The van der Waals surface area contributed by atoms with E-state index in [9.17, 15) is 4.79 Å². The maximum atomic E-state index is 12.3. The summed E-state index contributed by atoms with van der Waals surface area (Å²) in [6, 6.07) is 12.2. The number of aryl methyl sites for hydroxylation is 1. The van der Waals surface area contributed by atoms with Crippen molar-refractivity contribution in [3.63, 3.8) is 0 Å². The quantitative estimate of drug-likeness (QED) is 0.718. The van der Waals surface area contributed by atoms with E-state index in [0.29, 0.717) is 18.9 Å². The highest BCUT2D eigenvalue weighted by Gasteiger charge is 2.15. The molecule has 0 saturated carbocycles. The fourth-order valence-corrected chi connectivity index (χ4v) is 3.64. The van der Waals surface area contributed by atoms with Crippen LogP contribution in [0.5, 0.6) is 0 Å². The van der Waals surface area contributed by atoms with Gasteiger partial charge in [0.2, 0.25) is 5.91 Å². The topological polar surface area (TPSA) is 46.9 Å². The summed E-state index contributed by atoms with van der Waals surface area (Å²) in [5.41, 5.74) is 2.09. The van der Waals surface area contributed by atoms with Crippen LogP contribution in [0.3, 0.4) is 0 Å². The Balaban J connectivity index is 1.71. The second kappa shape index (κ2) is 7.18. The zero-order valence-electron chi connectivity index (χ0n) is 14.3. The number of hydrogen-bond donors (Lipinski definition) is 1. The lowest BCUT2D eigenvalue weighted by Crippen LogP contribution is -2.27. The molecule has 1 aromatic carbocycles. The Morgan fingerprint density at radius 1 is 1.21 bits per heavy atom. The van der Waals surface area contributed by atoms with Gasteiger partial charge < -0.3 is 9.88 Å². The van der Waals surface area contributed by atoms with Gasteiger partial charge in [-0.25, -0.2) is 4.98 Å². The molecule has 3 rings (SSSR count). The van der Waals surface area contributed by atoms with E-state index in [4.69, 9.17) is 4.98 Å². The first kappa shape index (κ1) is 16.7. The molecule has 0 aliphatic rings. The number of para-hydroxylation sites is 2. The van der Waals surface area contributed by atoms with E-state index >= 15 is 0 Å². The molecule has 0 aliphatic carbocycles. The highest BCUT2D eigenvalue weighted by Crippen LogP contribution is 2.22. The normalized spacial score (nSPS) is 12.7. The molecule has 0 aliphatic heterocycles. The van der Waals surface area contributed by atoms with Crippen LogP contribution in [0.4, 0.5) is 0 Å². The predicted octanol–water partition coefficient (Wildman–Crippen LogP) is 4.49. The highest BCUT2D eigenvalue weighted by atomic mass is 32.1. The molecule has 0 radical (unpaired) electrons. The number of fused-ring (bicyclic) bond motifs is 1. The molecule has 1 N–H and O–H groups in total. The summed E-state index contributed by atoms with van der Waals surface area (Å²) in [5, 5.41) is 5.11. The fraction of sp³-hybridized carbons (Fsp3) is 0.368. The molecular formula is C19H23N3OS. The number of benzene rings is 1. The SMILES string of the molecule is CC(C)c1nc2ccccc2n1CCC(=O)NC(C)c1cccs1. The summed E-state index contributed by atoms with van der Waals surface area (Å²) in [6.07, 6.45) is 0.454. The molecule has 1 amide bonds. The number of rotatable bonds is 6. The first-order valence-corrected chi connectivity index (χ1v) is 9.22. The summed E-state index contributed by atoms with van der Waals surface area (Å²) in [7, 11) is 0. The number of aromatic nitrogens is 2. The van der Waals surface area contributed by atoms with Crippen molar-refractivity contribution >= 4 is 28.3 Å². The molecule has 2 aromatic heterocycles. The maximum Gasteiger partial charge on any atom is 0.222 e. The van der Waals surface area contributed by atoms with Crippen molar-refractivity contribution in [2.45, 2.75) is 45.7 Å². The summed E-state index contributed by atoms with van der Waals surface area (Å²) >= 11 is 1.67. The molecule has 24 heavy (non-hydrogen) atoms. The third kappa shape index (κ3) is 3.51. The van der Waals surface area contributed by atoms with Crippen LogP contribution in [0.25, 0.3) is 11.0 Å². The van der Waals surface area contributed by atoms with Crippen LogP contribution in [-0.2, 0) is 11.3 Å². The number of nitrogens with zero attached hydrogens (tertiary/aromatic N) is 2. The molecule has 2 heterocycles. The van der Waals surface area contributed by atoms with Crippen molar-refractivity contribution in [2.24, 2.45) is 0 Å². The summed E-state index contributed by atoms with van der Waals surface area (Å²) in [6.45, 7) is 6.94. The molecule has 4 nitrogen and oxygen atoms in total. The van der Waals surface area contributed by atoms with Crippen molar-refractivity contribution < 1.29 is 4.79 Å². The third-order valence-corrected chi connectivity index (χ3v) is 5.17. The lowest BCUT2D eigenvalue weighted by atomic mass is 10.2. The van der Waals surface area contributed by atoms with Crippen molar-refractivity contribution in [1.29, 1.82) is 0 Å². The minimum absolute atomic E-state index is 0.0570. The lowest BCUT2D eigenvalue weighted by molar-refractivity contribution is -0.121. The van der Waals surface area contributed by atoms with Gasteiger partial charge in [0.15, 0.2) is 0 Å². The minimum Gasteiger partial charge on any atom is -0.349 e. The van der Waals surface area contributed by atoms with Gasteiger partial charge >= 0.3 is 0 Å². The molecular weight excluding hydrogens is 318 g/mol. The predicted molar refractivity (Wildman–Crippen MR) is 99.3 cm³/mol. The molecule has 126 valence electrons. The monoisotopic (exact) mass is 341 g/mol. The zero-order valence-corrected chi connectivity index (χ0v) is 15.1. The lowest BCUT2D eigenvalue weighted by Gasteiger charge is -2.14. The number of carbonyl (C=O) groups excluding carboxylic acids is 1. The van der Waals surface area contributed by atoms with Crippen LogP contribution in [0, 0.1) is 0 Å². The van der Waals surface area contributed by atoms with E-state index in [0.717, 1.165) is 16.9 Å². The Hall–Kier alpha value is -2.14. The Labute approximate surface area is 146 Å². The second-order valence-corrected chi connectivity index (χ2v) is 7.30. The second-order valence-electron chi connectivity index (χ2n) is 6.32. The Morgan fingerprint density at radius 3 is 2.71 bits per heavy atom. The van der Waals surface area contributed by atoms with Crippen molar-refractivity contribution in [3.8, 4) is 0 Å². The van der Waals surface area contributed by atoms with Crippen LogP contribution in [0.15, 0.2) is 41.8 Å². The average Bonchev–Trinajstić information content (AvgIpc) is 3.20. The van der Waals surface area contributed by atoms with E-state index < -0.39 is 0 Å². The molecule has 0 fully saturated rings. The van der Waals surface area contributed by atoms with Crippen LogP contribution in [0.2, 0.25) is 0 Å². The van der Waals surface area contributed by atoms with Crippen molar-refractivity contribution in [3.05, 3.63) is 52.5 Å². The van der Waals surface area contributed by atoms with E-state index in [-0.39, 0.29) is 11.9 Å². The molecule has 0 saturated heterocycles. The number of carbonyl (C=O) groups is 1. The van der Waals surface area contributed by atoms with Gasteiger partial charge in [-0.1, -0.05) is 32.0 Å². The van der Waals surface area contributed by atoms with Crippen LogP contribution < -0.4 is 5.32 Å². The maximum absolute atomic E-state index is 12.3.